The van der Waals surface area contributed by atoms with Gasteiger partial charge in [0.05, 0.1) is 6.10 Å². The molecule has 110 valence electrons. The van der Waals surface area contributed by atoms with Crippen molar-refractivity contribution in [3.8, 4) is 0 Å². The van der Waals surface area contributed by atoms with E-state index in [2.05, 4.69) is 26.0 Å². The summed E-state index contributed by atoms with van der Waals surface area (Å²) < 4.78 is 6.56. The van der Waals surface area contributed by atoms with Gasteiger partial charge in [0.1, 0.15) is 0 Å². The van der Waals surface area contributed by atoms with Crippen molar-refractivity contribution in [1.82, 2.24) is 0 Å². The fraction of sp³-hybridized carbons (Fsp3) is 0.500. The van der Waals surface area contributed by atoms with Crippen LogP contribution in [0.5, 0.6) is 0 Å². The highest BCUT2D eigenvalue weighted by molar-refractivity contribution is 9.10. The van der Waals surface area contributed by atoms with Gasteiger partial charge in [0.15, 0.2) is 5.84 Å². The number of amidine groups is 1. The lowest BCUT2D eigenvalue weighted by Gasteiger charge is -2.29. The lowest BCUT2D eigenvalue weighted by atomic mass is 10.1. The summed E-state index contributed by atoms with van der Waals surface area (Å²) in [4.78, 5) is 2.16. The maximum Gasteiger partial charge on any atom is 0.171 e. The Kier molecular flexibility index (Phi) is 5.25. The Hall–Kier alpha value is -1.27. The predicted molar refractivity (Wildman–Crippen MR) is 83.5 cm³/mol. The fourth-order valence-corrected chi connectivity index (χ4v) is 2.94. The van der Waals surface area contributed by atoms with Gasteiger partial charge in [-0.05, 0) is 53.4 Å². The summed E-state index contributed by atoms with van der Waals surface area (Å²) >= 11 is 3.45. The molecule has 1 aromatic carbocycles. The predicted octanol–water partition coefficient (Wildman–Crippen LogP) is 2.55. The van der Waals surface area contributed by atoms with Crippen molar-refractivity contribution in [3.63, 3.8) is 0 Å². The number of rotatable bonds is 4. The zero-order valence-corrected chi connectivity index (χ0v) is 13.1. The first kappa shape index (κ1) is 15.1. The van der Waals surface area contributed by atoms with Crippen LogP contribution in [-0.2, 0) is 4.74 Å². The molecule has 0 aromatic heterocycles. The zero-order chi connectivity index (χ0) is 14.5. The lowest BCUT2D eigenvalue weighted by Crippen LogP contribution is -2.33. The molecule has 1 fully saturated rings. The summed E-state index contributed by atoms with van der Waals surface area (Å²) in [6.07, 6.45) is 3.83. The van der Waals surface area contributed by atoms with Crippen LogP contribution in [0.4, 0.5) is 5.69 Å². The van der Waals surface area contributed by atoms with Gasteiger partial charge >= 0.3 is 0 Å². The minimum atomic E-state index is 0.0988. The molecule has 1 aromatic rings. The Bertz CT molecular complexity index is 487. The zero-order valence-electron chi connectivity index (χ0n) is 11.6. The van der Waals surface area contributed by atoms with E-state index in [1.807, 2.05) is 25.2 Å². The molecule has 1 aliphatic heterocycles. The molecule has 0 spiro atoms. The Morgan fingerprint density at radius 1 is 1.55 bits per heavy atom. The van der Waals surface area contributed by atoms with Crippen molar-refractivity contribution < 1.29 is 9.94 Å². The Labute approximate surface area is 127 Å². The summed E-state index contributed by atoms with van der Waals surface area (Å²) in [5.74, 6) is 0.0988. The smallest absolute Gasteiger partial charge is 0.171 e. The normalized spacial score (nSPS) is 19.9. The number of nitrogens with two attached hydrogens (primary N) is 1. The van der Waals surface area contributed by atoms with Gasteiger partial charge in [0, 0.05) is 35.9 Å². The van der Waals surface area contributed by atoms with Crippen LogP contribution in [0.15, 0.2) is 27.8 Å². The third-order valence-electron chi connectivity index (χ3n) is 3.53. The maximum absolute atomic E-state index is 8.72. The Morgan fingerprint density at radius 3 is 2.95 bits per heavy atom. The molecule has 20 heavy (non-hydrogen) atoms. The molecule has 3 N–H and O–H groups in total. The average molecular weight is 342 g/mol. The summed E-state index contributed by atoms with van der Waals surface area (Å²) in [5.41, 5.74) is 7.36. The van der Waals surface area contributed by atoms with Crippen LogP contribution in [0.2, 0.25) is 0 Å². The monoisotopic (exact) mass is 341 g/mol. The SMILES string of the molecule is CN(CC1CCCCO1)c1ccc(/C(N)=N/O)c(Br)c1. The molecule has 1 unspecified atom stereocenters. The quantitative estimate of drug-likeness (QED) is 0.382. The van der Waals surface area contributed by atoms with E-state index < -0.39 is 0 Å². The highest BCUT2D eigenvalue weighted by Crippen LogP contribution is 2.24. The second-order valence-electron chi connectivity index (χ2n) is 5.02. The van der Waals surface area contributed by atoms with Crippen LogP contribution in [0, 0.1) is 0 Å². The van der Waals surface area contributed by atoms with E-state index in [4.69, 9.17) is 15.7 Å². The molecule has 0 aliphatic carbocycles. The van der Waals surface area contributed by atoms with E-state index >= 15 is 0 Å². The first-order valence-corrected chi connectivity index (χ1v) is 7.51. The van der Waals surface area contributed by atoms with E-state index in [-0.39, 0.29) is 5.84 Å². The minimum absolute atomic E-state index is 0.0988. The number of benzene rings is 1. The summed E-state index contributed by atoms with van der Waals surface area (Å²) in [6, 6.07) is 5.77. The molecule has 6 heteroatoms. The first-order valence-electron chi connectivity index (χ1n) is 6.72. The van der Waals surface area contributed by atoms with Crippen LogP contribution in [-0.4, -0.2) is 37.3 Å². The molecule has 0 radical (unpaired) electrons. The molecule has 1 saturated heterocycles. The van der Waals surface area contributed by atoms with E-state index in [1.54, 1.807) is 0 Å². The summed E-state index contributed by atoms with van der Waals surface area (Å²) in [7, 11) is 2.04. The molecule has 1 heterocycles. The van der Waals surface area contributed by atoms with E-state index in [0.717, 1.165) is 29.7 Å². The molecular formula is C14H20BrN3O2. The van der Waals surface area contributed by atoms with Gasteiger partial charge in [-0.3, -0.25) is 0 Å². The highest BCUT2D eigenvalue weighted by atomic mass is 79.9. The molecule has 0 amide bonds. The molecule has 2 rings (SSSR count). The topological polar surface area (TPSA) is 71.1 Å². The summed E-state index contributed by atoms with van der Waals surface area (Å²) in [6.45, 7) is 1.74. The van der Waals surface area contributed by atoms with Gasteiger partial charge in [-0.25, -0.2) is 0 Å². The second-order valence-corrected chi connectivity index (χ2v) is 5.87. The van der Waals surface area contributed by atoms with Crippen molar-refractivity contribution in [2.24, 2.45) is 10.9 Å². The number of halogens is 1. The Balaban J connectivity index is 2.06. The van der Waals surface area contributed by atoms with Crippen LogP contribution < -0.4 is 10.6 Å². The molecule has 1 atom stereocenters. The van der Waals surface area contributed by atoms with E-state index in [0.29, 0.717) is 11.7 Å². The number of nitrogens with zero attached hydrogens (tertiary/aromatic N) is 2. The number of likely N-dealkylation sites (N-methyl/N-ethyl adjacent to an activating group) is 1. The van der Waals surface area contributed by atoms with Crippen molar-refractivity contribution in [3.05, 3.63) is 28.2 Å². The number of ether oxygens (including phenoxy) is 1. The largest absolute Gasteiger partial charge is 0.409 e. The molecule has 0 saturated carbocycles. The lowest BCUT2D eigenvalue weighted by molar-refractivity contribution is 0.0216. The van der Waals surface area contributed by atoms with Gasteiger partial charge in [-0.1, -0.05) is 5.16 Å². The van der Waals surface area contributed by atoms with Gasteiger partial charge in [-0.15, -0.1) is 0 Å². The third-order valence-corrected chi connectivity index (χ3v) is 4.18. The van der Waals surface area contributed by atoms with Crippen molar-refractivity contribution in [2.75, 3.05) is 25.1 Å². The van der Waals surface area contributed by atoms with Crippen LogP contribution >= 0.6 is 15.9 Å². The van der Waals surface area contributed by atoms with Gasteiger partial charge < -0.3 is 20.6 Å². The number of hydrogen-bond acceptors (Lipinski definition) is 4. The second kappa shape index (κ2) is 6.95. The molecule has 1 aliphatic rings. The molecule has 5 nitrogen and oxygen atoms in total. The highest BCUT2D eigenvalue weighted by Gasteiger charge is 2.17. The standard InChI is InChI=1S/C14H20BrN3O2/c1-18(9-11-4-2-3-7-20-11)10-5-6-12(13(15)8-10)14(16)17-19/h5-6,8,11,19H,2-4,7,9H2,1H3,(H2,16,17). The number of oxime groups is 1. The van der Waals surface area contributed by atoms with Crippen LogP contribution in [0.3, 0.4) is 0 Å². The first-order chi connectivity index (χ1) is 9.61. The fourth-order valence-electron chi connectivity index (χ4n) is 2.37. The van der Waals surface area contributed by atoms with Gasteiger partial charge in [0.25, 0.3) is 0 Å². The van der Waals surface area contributed by atoms with Crippen molar-refractivity contribution in [2.45, 2.75) is 25.4 Å². The van der Waals surface area contributed by atoms with E-state index in [9.17, 15) is 0 Å². The molecular weight excluding hydrogens is 322 g/mol. The van der Waals surface area contributed by atoms with Gasteiger partial charge in [0.2, 0.25) is 0 Å². The minimum Gasteiger partial charge on any atom is -0.409 e. The number of hydrogen-bond donors (Lipinski definition) is 2. The number of anilines is 1. The molecule has 0 bridgehead atoms. The van der Waals surface area contributed by atoms with Gasteiger partial charge in [-0.2, -0.15) is 0 Å². The maximum atomic E-state index is 8.72. The van der Waals surface area contributed by atoms with E-state index in [1.165, 1.54) is 12.8 Å². The van der Waals surface area contributed by atoms with Crippen molar-refractivity contribution >= 4 is 27.5 Å². The summed E-state index contributed by atoms with van der Waals surface area (Å²) in [5, 5.41) is 11.7. The van der Waals surface area contributed by atoms with Crippen molar-refractivity contribution in [1.29, 1.82) is 0 Å². The van der Waals surface area contributed by atoms with Crippen LogP contribution in [0.25, 0.3) is 0 Å². The average Bonchev–Trinajstić information content (AvgIpc) is 2.47. The third kappa shape index (κ3) is 3.64. The Morgan fingerprint density at radius 2 is 2.35 bits per heavy atom. The van der Waals surface area contributed by atoms with Crippen LogP contribution in [0.1, 0.15) is 24.8 Å².